The van der Waals surface area contributed by atoms with Crippen LogP contribution in [0.5, 0.6) is 0 Å². The summed E-state index contributed by atoms with van der Waals surface area (Å²) in [6, 6.07) is 0.722. The van der Waals surface area contributed by atoms with Crippen molar-refractivity contribution in [3.05, 3.63) is 0 Å². The molecule has 1 rings (SSSR count). The molecule has 1 heterocycles. The molecule has 0 spiro atoms. The maximum absolute atomic E-state index is 6.05. The third kappa shape index (κ3) is 4.22. The SMILES string of the molecule is CC(C)CCC(C)(CN)N(C)CC1CCCN1C. The van der Waals surface area contributed by atoms with Crippen LogP contribution in [-0.2, 0) is 0 Å². The smallest absolute Gasteiger partial charge is 0.0301 e. The largest absolute Gasteiger partial charge is 0.329 e. The van der Waals surface area contributed by atoms with Gasteiger partial charge in [0.05, 0.1) is 0 Å². The van der Waals surface area contributed by atoms with Crippen molar-refractivity contribution < 1.29 is 0 Å². The first-order valence-electron chi connectivity index (χ1n) is 7.50. The Morgan fingerprint density at radius 1 is 1.44 bits per heavy atom. The van der Waals surface area contributed by atoms with Crippen LogP contribution in [-0.4, -0.2) is 55.1 Å². The Hall–Kier alpha value is -0.120. The van der Waals surface area contributed by atoms with Gasteiger partial charge in [-0.25, -0.2) is 0 Å². The highest BCUT2D eigenvalue weighted by molar-refractivity contribution is 4.89. The minimum Gasteiger partial charge on any atom is -0.329 e. The number of nitrogens with two attached hydrogens (primary N) is 1. The van der Waals surface area contributed by atoms with Crippen LogP contribution in [0.15, 0.2) is 0 Å². The van der Waals surface area contributed by atoms with E-state index >= 15 is 0 Å². The van der Waals surface area contributed by atoms with E-state index in [2.05, 4.69) is 44.7 Å². The summed E-state index contributed by atoms with van der Waals surface area (Å²) in [6.07, 6.45) is 5.15. The van der Waals surface area contributed by atoms with Gasteiger partial charge in [0.1, 0.15) is 0 Å². The van der Waals surface area contributed by atoms with E-state index in [0.29, 0.717) is 0 Å². The van der Waals surface area contributed by atoms with Crippen molar-refractivity contribution in [2.75, 3.05) is 33.7 Å². The lowest BCUT2D eigenvalue weighted by atomic mass is 9.90. The molecule has 0 aromatic rings. The van der Waals surface area contributed by atoms with E-state index in [-0.39, 0.29) is 5.54 Å². The Labute approximate surface area is 114 Å². The van der Waals surface area contributed by atoms with Crippen LogP contribution in [0.25, 0.3) is 0 Å². The van der Waals surface area contributed by atoms with E-state index in [4.69, 9.17) is 5.73 Å². The van der Waals surface area contributed by atoms with Crippen molar-refractivity contribution >= 4 is 0 Å². The Kier molecular flexibility index (Phi) is 6.09. The van der Waals surface area contributed by atoms with Crippen LogP contribution in [0.3, 0.4) is 0 Å². The van der Waals surface area contributed by atoms with Crippen molar-refractivity contribution in [1.82, 2.24) is 9.80 Å². The van der Waals surface area contributed by atoms with Gasteiger partial charge in [0.15, 0.2) is 0 Å². The molecule has 1 aliphatic heterocycles. The van der Waals surface area contributed by atoms with Gasteiger partial charge in [-0.2, -0.15) is 0 Å². The zero-order chi connectivity index (χ0) is 13.8. The molecule has 2 atom stereocenters. The van der Waals surface area contributed by atoms with Gasteiger partial charge in [-0.05, 0) is 59.2 Å². The molecule has 0 bridgehead atoms. The molecule has 0 amide bonds. The molecule has 108 valence electrons. The minimum absolute atomic E-state index is 0.160. The van der Waals surface area contributed by atoms with Gasteiger partial charge >= 0.3 is 0 Å². The molecule has 3 nitrogen and oxygen atoms in total. The zero-order valence-electron chi connectivity index (χ0n) is 13.1. The first kappa shape index (κ1) is 15.9. The van der Waals surface area contributed by atoms with Crippen molar-refractivity contribution in [3.63, 3.8) is 0 Å². The third-order valence-electron chi connectivity index (χ3n) is 4.78. The minimum atomic E-state index is 0.160. The molecule has 0 aromatic heterocycles. The third-order valence-corrected chi connectivity index (χ3v) is 4.78. The Morgan fingerprint density at radius 2 is 2.11 bits per heavy atom. The second-order valence-electron chi connectivity index (χ2n) is 6.79. The average Bonchev–Trinajstić information content (AvgIpc) is 2.72. The van der Waals surface area contributed by atoms with Gasteiger partial charge in [-0.15, -0.1) is 0 Å². The molecular formula is C15H33N3. The molecule has 18 heavy (non-hydrogen) atoms. The summed E-state index contributed by atoms with van der Waals surface area (Å²) in [6.45, 7) is 10.1. The lowest BCUT2D eigenvalue weighted by Crippen LogP contribution is -2.53. The molecular weight excluding hydrogens is 222 g/mol. The predicted molar refractivity (Wildman–Crippen MR) is 79.8 cm³/mol. The molecule has 2 unspecified atom stereocenters. The number of likely N-dealkylation sites (N-methyl/N-ethyl adjacent to an activating group) is 2. The lowest BCUT2D eigenvalue weighted by Gasteiger charge is -2.41. The second kappa shape index (κ2) is 6.88. The van der Waals surface area contributed by atoms with Crippen LogP contribution in [0.4, 0.5) is 0 Å². The number of nitrogens with zero attached hydrogens (tertiary/aromatic N) is 2. The van der Waals surface area contributed by atoms with Crippen molar-refractivity contribution in [1.29, 1.82) is 0 Å². The first-order valence-corrected chi connectivity index (χ1v) is 7.50. The normalized spacial score (nSPS) is 25.0. The molecule has 0 radical (unpaired) electrons. The van der Waals surface area contributed by atoms with E-state index < -0.39 is 0 Å². The topological polar surface area (TPSA) is 32.5 Å². The van der Waals surface area contributed by atoms with Crippen LogP contribution < -0.4 is 5.73 Å². The Bertz CT molecular complexity index is 242. The van der Waals surface area contributed by atoms with Gasteiger partial charge in [0.25, 0.3) is 0 Å². The fourth-order valence-corrected chi connectivity index (χ4v) is 2.79. The molecule has 1 saturated heterocycles. The quantitative estimate of drug-likeness (QED) is 0.757. The monoisotopic (exact) mass is 255 g/mol. The number of hydrogen-bond acceptors (Lipinski definition) is 3. The van der Waals surface area contributed by atoms with Gasteiger partial charge < -0.3 is 10.6 Å². The number of rotatable bonds is 7. The summed E-state index contributed by atoms with van der Waals surface area (Å²) in [4.78, 5) is 5.00. The summed E-state index contributed by atoms with van der Waals surface area (Å²) in [5, 5.41) is 0. The first-order chi connectivity index (χ1) is 8.39. The van der Waals surface area contributed by atoms with Gasteiger partial charge in [0, 0.05) is 24.7 Å². The Morgan fingerprint density at radius 3 is 2.56 bits per heavy atom. The van der Waals surface area contributed by atoms with E-state index in [1.54, 1.807) is 0 Å². The van der Waals surface area contributed by atoms with E-state index in [1.165, 1.54) is 32.2 Å². The van der Waals surface area contributed by atoms with Crippen LogP contribution in [0.2, 0.25) is 0 Å². The molecule has 2 N–H and O–H groups in total. The van der Waals surface area contributed by atoms with Crippen molar-refractivity contribution in [2.24, 2.45) is 11.7 Å². The maximum Gasteiger partial charge on any atom is 0.0301 e. The van der Waals surface area contributed by atoms with Gasteiger partial charge in [-0.1, -0.05) is 13.8 Å². The van der Waals surface area contributed by atoms with Gasteiger partial charge in [-0.3, -0.25) is 4.90 Å². The zero-order valence-corrected chi connectivity index (χ0v) is 13.1. The van der Waals surface area contributed by atoms with Crippen LogP contribution in [0.1, 0.15) is 46.5 Å². The maximum atomic E-state index is 6.05. The summed E-state index contributed by atoms with van der Waals surface area (Å²) < 4.78 is 0. The van der Waals surface area contributed by atoms with E-state index in [0.717, 1.165) is 25.0 Å². The standard InChI is InChI=1S/C15H33N3/c1-13(2)8-9-15(3,12-16)18(5)11-14-7-6-10-17(14)4/h13-14H,6-12,16H2,1-5H3. The summed E-state index contributed by atoms with van der Waals surface area (Å²) in [7, 11) is 4.50. The fraction of sp³-hybridized carbons (Fsp3) is 1.00. The molecule has 0 aromatic carbocycles. The van der Waals surface area contributed by atoms with Gasteiger partial charge in [0.2, 0.25) is 0 Å². The molecule has 1 fully saturated rings. The molecule has 3 heteroatoms. The molecule has 1 aliphatic rings. The number of hydrogen-bond donors (Lipinski definition) is 1. The number of likely N-dealkylation sites (tertiary alicyclic amines) is 1. The summed E-state index contributed by atoms with van der Waals surface area (Å²) in [5.74, 6) is 0.762. The van der Waals surface area contributed by atoms with Crippen molar-refractivity contribution in [3.8, 4) is 0 Å². The summed E-state index contributed by atoms with van der Waals surface area (Å²) >= 11 is 0. The Balaban J connectivity index is 2.51. The van der Waals surface area contributed by atoms with Crippen molar-refractivity contribution in [2.45, 2.75) is 58.0 Å². The lowest BCUT2D eigenvalue weighted by molar-refractivity contribution is 0.0971. The second-order valence-corrected chi connectivity index (χ2v) is 6.79. The predicted octanol–water partition coefficient (Wildman–Crippen LogP) is 2.17. The molecule has 0 aliphatic carbocycles. The summed E-state index contributed by atoms with van der Waals surface area (Å²) in [5.41, 5.74) is 6.21. The highest BCUT2D eigenvalue weighted by atomic mass is 15.2. The molecule has 0 saturated carbocycles. The average molecular weight is 255 g/mol. The highest BCUT2D eigenvalue weighted by Gasteiger charge is 2.31. The van der Waals surface area contributed by atoms with E-state index in [9.17, 15) is 0 Å². The van der Waals surface area contributed by atoms with Crippen LogP contribution >= 0.6 is 0 Å². The fourth-order valence-electron chi connectivity index (χ4n) is 2.79. The highest BCUT2D eigenvalue weighted by Crippen LogP contribution is 2.24. The van der Waals surface area contributed by atoms with Crippen LogP contribution in [0, 0.1) is 5.92 Å². The van der Waals surface area contributed by atoms with E-state index in [1.807, 2.05) is 0 Å².